The fourth-order valence-electron chi connectivity index (χ4n) is 2.32. The second kappa shape index (κ2) is 5.99. The van der Waals surface area contributed by atoms with Crippen LogP contribution in [-0.2, 0) is 16.2 Å². The summed E-state index contributed by atoms with van der Waals surface area (Å²) in [6.45, 7) is 0. The van der Waals surface area contributed by atoms with Crippen LogP contribution in [-0.4, -0.2) is 20.5 Å². The SMILES string of the molecule is COc1ccc(S(=O)(=O)Nc2ccc3[nH]c(C(F)(F)F)cc3c2)cc1. The van der Waals surface area contributed by atoms with Crippen molar-refractivity contribution in [1.29, 1.82) is 0 Å². The van der Waals surface area contributed by atoms with E-state index in [1.165, 1.54) is 49.6 Å². The number of alkyl halides is 3. The van der Waals surface area contributed by atoms with Gasteiger partial charge in [0.05, 0.1) is 12.0 Å². The second-order valence-corrected chi connectivity index (χ2v) is 6.95. The van der Waals surface area contributed by atoms with Gasteiger partial charge in [-0.2, -0.15) is 13.2 Å². The van der Waals surface area contributed by atoms with E-state index in [9.17, 15) is 21.6 Å². The summed E-state index contributed by atoms with van der Waals surface area (Å²) in [5.41, 5.74) is -0.464. The normalized spacial score (nSPS) is 12.3. The maximum Gasteiger partial charge on any atom is 0.431 e. The number of aromatic amines is 1. The van der Waals surface area contributed by atoms with Crippen LogP contribution in [0.2, 0.25) is 0 Å². The van der Waals surface area contributed by atoms with Crippen LogP contribution in [0.15, 0.2) is 53.4 Å². The lowest BCUT2D eigenvalue weighted by Crippen LogP contribution is -2.12. The third-order valence-electron chi connectivity index (χ3n) is 3.55. The Bertz CT molecular complexity index is 1010. The molecule has 0 aliphatic heterocycles. The van der Waals surface area contributed by atoms with Crippen molar-refractivity contribution in [2.45, 2.75) is 11.1 Å². The van der Waals surface area contributed by atoms with Crippen LogP contribution in [0.4, 0.5) is 18.9 Å². The topological polar surface area (TPSA) is 71.2 Å². The van der Waals surface area contributed by atoms with Gasteiger partial charge in [0.2, 0.25) is 0 Å². The molecule has 0 saturated heterocycles. The van der Waals surface area contributed by atoms with E-state index in [0.717, 1.165) is 6.07 Å². The Morgan fingerprint density at radius 2 is 1.72 bits per heavy atom. The highest BCUT2D eigenvalue weighted by Gasteiger charge is 2.32. The van der Waals surface area contributed by atoms with Crippen molar-refractivity contribution < 1.29 is 26.3 Å². The Kier molecular flexibility index (Phi) is 4.11. The van der Waals surface area contributed by atoms with E-state index in [-0.39, 0.29) is 21.5 Å². The summed E-state index contributed by atoms with van der Waals surface area (Å²) in [6.07, 6.45) is -4.50. The summed E-state index contributed by atoms with van der Waals surface area (Å²) in [7, 11) is -2.41. The molecule has 3 rings (SSSR count). The van der Waals surface area contributed by atoms with Crippen LogP contribution >= 0.6 is 0 Å². The maximum absolute atomic E-state index is 12.7. The summed E-state index contributed by atoms with van der Waals surface area (Å²) in [5, 5.41) is 0.252. The van der Waals surface area contributed by atoms with Crippen LogP contribution < -0.4 is 9.46 Å². The number of fused-ring (bicyclic) bond motifs is 1. The Labute approximate surface area is 141 Å². The molecule has 2 N–H and O–H groups in total. The Hall–Kier alpha value is -2.68. The van der Waals surface area contributed by atoms with Gasteiger partial charge in [0.25, 0.3) is 10.0 Å². The smallest absolute Gasteiger partial charge is 0.431 e. The van der Waals surface area contributed by atoms with Gasteiger partial charge in [-0.3, -0.25) is 4.72 Å². The van der Waals surface area contributed by atoms with Gasteiger partial charge in [-0.15, -0.1) is 0 Å². The molecular formula is C16H13F3N2O3S. The Balaban J connectivity index is 1.90. The average Bonchev–Trinajstić information content (AvgIpc) is 2.98. The minimum Gasteiger partial charge on any atom is -0.497 e. The first-order valence-electron chi connectivity index (χ1n) is 7.06. The van der Waals surface area contributed by atoms with Crippen LogP contribution in [0.5, 0.6) is 5.75 Å². The third-order valence-corrected chi connectivity index (χ3v) is 4.95. The number of rotatable bonds is 4. The molecule has 0 saturated carbocycles. The Morgan fingerprint density at radius 1 is 1.04 bits per heavy atom. The summed E-state index contributed by atoms with van der Waals surface area (Å²) >= 11 is 0. The first kappa shape index (κ1) is 17.2. The predicted molar refractivity (Wildman–Crippen MR) is 87.1 cm³/mol. The highest BCUT2D eigenvalue weighted by Crippen LogP contribution is 2.32. The predicted octanol–water partition coefficient (Wildman–Crippen LogP) is 4.00. The molecule has 25 heavy (non-hydrogen) atoms. The average molecular weight is 370 g/mol. The molecule has 1 aromatic heterocycles. The summed E-state index contributed by atoms with van der Waals surface area (Å²) in [4.78, 5) is 2.27. The number of anilines is 1. The molecule has 0 atom stereocenters. The second-order valence-electron chi connectivity index (χ2n) is 5.26. The quantitative estimate of drug-likeness (QED) is 0.729. The number of benzene rings is 2. The number of hydrogen-bond donors (Lipinski definition) is 2. The number of aromatic nitrogens is 1. The highest BCUT2D eigenvalue weighted by molar-refractivity contribution is 7.92. The van der Waals surface area contributed by atoms with E-state index in [2.05, 4.69) is 9.71 Å². The Morgan fingerprint density at radius 3 is 2.32 bits per heavy atom. The van der Waals surface area contributed by atoms with Gasteiger partial charge in [0.15, 0.2) is 0 Å². The van der Waals surface area contributed by atoms with Gasteiger partial charge in [-0.05, 0) is 48.5 Å². The van der Waals surface area contributed by atoms with Gasteiger partial charge in [0.1, 0.15) is 11.4 Å². The lowest BCUT2D eigenvalue weighted by Gasteiger charge is -2.09. The van der Waals surface area contributed by atoms with E-state index in [4.69, 9.17) is 4.74 Å². The van der Waals surface area contributed by atoms with Crippen molar-refractivity contribution in [1.82, 2.24) is 4.98 Å². The number of hydrogen-bond acceptors (Lipinski definition) is 3. The largest absolute Gasteiger partial charge is 0.497 e. The fraction of sp³-hybridized carbons (Fsp3) is 0.125. The van der Waals surface area contributed by atoms with Crippen molar-refractivity contribution in [3.05, 3.63) is 54.2 Å². The zero-order chi connectivity index (χ0) is 18.2. The molecule has 0 aliphatic carbocycles. The van der Waals surface area contributed by atoms with Crippen molar-refractivity contribution in [2.75, 3.05) is 11.8 Å². The number of methoxy groups -OCH3 is 1. The number of ether oxygens (including phenoxy) is 1. The first-order chi connectivity index (χ1) is 11.7. The molecule has 2 aromatic carbocycles. The molecule has 0 aliphatic rings. The molecule has 0 radical (unpaired) electrons. The van der Waals surface area contributed by atoms with E-state index in [0.29, 0.717) is 5.75 Å². The van der Waals surface area contributed by atoms with Crippen molar-refractivity contribution in [3.8, 4) is 5.75 Å². The molecule has 132 valence electrons. The number of halogens is 3. The van der Waals surface area contributed by atoms with Crippen molar-refractivity contribution >= 4 is 26.6 Å². The van der Waals surface area contributed by atoms with Crippen LogP contribution in [0.3, 0.4) is 0 Å². The fourth-order valence-corrected chi connectivity index (χ4v) is 3.37. The molecule has 0 fully saturated rings. The lowest BCUT2D eigenvalue weighted by molar-refractivity contribution is -0.140. The molecule has 9 heteroatoms. The molecule has 0 bridgehead atoms. The minimum absolute atomic E-state index is 0.0125. The van der Waals surface area contributed by atoms with E-state index in [1.54, 1.807) is 0 Å². The van der Waals surface area contributed by atoms with E-state index in [1.807, 2.05) is 0 Å². The van der Waals surface area contributed by atoms with Gasteiger partial charge >= 0.3 is 6.18 Å². The maximum atomic E-state index is 12.7. The van der Waals surface area contributed by atoms with E-state index < -0.39 is 21.9 Å². The summed E-state index contributed by atoms with van der Waals surface area (Å²) in [5.74, 6) is 0.507. The van der Waals surface area contributed by atoms with E-state index >= 15 is 0 Å². The number of nitrogens with one attached hydrogen (secondary N) is 2. The number of H-pyrrole nitrogens is 1. The number of sulfonamides is 1. The molecule has 1 heterocycles. The molecule has 3 aromatic rings. The molecule has 0 unspecified atom stereocenters. The summed E-state index contributed by atoms with van der Waals surface area (Å²) < 4.78 is 70.2. The highest BCUT2D eigenvalue weighted by atomic mass is 32.2. The van der Waals surface area contributed by atoms with Gasteiger partial charge in [-0.1, -0.05) is 0 Å². The van der Waals surface area contributed by atoms with Gasteiger partial charge < -0.3 is 9.72 Å². The summed E-state index contributed by atoms with van der Waals surface area (Å²) in [6, 6.07) is 10.8. The van der Waals surface area contributed by atoms with Crippen LogP contribution in [0, 0.1) is 0 Å². The first-order valence-corrected chi connectivity index (χ1v) is 8.54. The zero-order valence-corrected chi connectivity index (χ0v) is 13.7. The molecule has 0 spiro atoms. The van der Waals surface area contributed by atoms with Crippen molar-refractivity contribution in [2.24, 2.45) is 0 Å². The minimum atomic E-state index is -4.50. The lowest BCUT2D eigenvalue weighted by atomic mass is 10.2. The van der Waals surface area contributed by atoms with Gasteiger partial charge in [0, 0.05) is 16.6 Å². The monoisotopic (exact) mass is 370 g/mol. The molecule has 0 amide bonds. The standard InChI is InChI=1S/C16H13F3N2O3S/c1-24-12-3-5-13(6-4-12)25(22,23)21-11-2-7-14-10(8-11)9-15(20-14)16(17,18)19/h2-9,20-21H,1H3. The molecule has 5 nitrogen and oxygen atoms in total. The molecular weight excluding hydrogens is 357 g/mol. The third kappa shape index (κ3) is 3.55. The van der Waals surface area contributed by atoms with Crippen LogP contribution in [0.25, 0.3) is 10.9 Å². The van der Waals surface area contributed by atoms with Gasteiger partial charge in [-0.25, -0.2) is 8.42 Å². The zero-order valence-electron chi connectivity index (χ0n) is 12.9. The van der Waals surface area contributed by atoms with Crippen molar-refractivity contribution in [3.63, 3.8) is 0 Å². The van der Waals surface area contributed by atoms with Crippen LogP contribution in [0.1, 0.15) is 5.69 Å².